The van der Waals surface area contributed by atoms with E-state index >= 15 is 0 Å². The van der Waals surface area contributed by atoms with Crippen LogP contribution in [0.25, 0.3) is 41.5 Å². The van der Waals surface area contributed by atoms with E-state index < -0.39 is 18.2 Å². The molecule has 0 spiro atoms. The molecule has 2 saturated heterocycles. The van der Waals surface area contributed by atoms with Crippen LogP contribution < -0.4 is 10.6 Å². The zero-order valence-corrected chi connectivity index (χ0v) is 37.5. The van der Waals surface area contributed by atoms with Crippen molar-refractivity contribution in [1.82, 2.24) is 30.4 Å². The van der Waals surface area contributed by atoms with Crippen LogP contribution in [0.3, 0.4) is 0 Å². The number of carbonyl (C=O) groups is 4. The van der Waals surface area contributed by atoms with Gasteiger partial charge in [0.15, 0.2) is 0 Å². The van der Waals surface area contributed by atoms with Gasteiger partial charge in [-0.1, -0.05) is 81.4 Å². The highest BCUT2D eigenvalue weighted by Gasteiger charge is 2.39. The standard InChI is InChI=1S/C49H51N7O5S2/c1-5-43(57)53-44(28(2)3)47(58)55-21-9-13-37(55)35-24-33-23-32(19-20-34(33)51-35)40-26-42-41(63-40)25-39(62-42)30-17-15-29(16-18-30)36-27-50-46(52-36)38-14-10-22-56(38)48(59)45(54-49(60)61-4)31-11-7-6-8-12-31/h6-8,11-12,15-20,23,25-28,37-38,44-45H,5,9-10,13-14,21-22,24H2,1-4H3,(H,50,52)(H,53,57)(H,54,60)/t37-,38-,44-,45+/m0/s1. The Bertz CT molecular complexity index is 2670. The van der Waals surface area contributed by atoms with Gasteiger partial charge in [-0.2, -0.15) is 0 Å². The zero-order chi connectivity index (χ0) is 43.8. The number of aromatic nitrogens is 2. The number of nitrogens with one attached hydrogen (secondary N) is 3. The van der Waals surface area contributed by atoms with Gasteiger partial charge in [0.1, 0.15) is 17.9 Å². The Morgan fingerprint density at radius 3 is 2.14 bits per heavy atom. The number of aliphatic imine (C=N–C) groups is 1. The molecule has 0 aliphatic carbocycles. The van der Waals surface area contributed by atoms with Gasteiger partial charge >= 0.3 is 6.09 Å². The number of alkyl carbamates (subject to hydrolysis) is 1. The zero-order valence-electron chi connectivity index (χ0n) is 35.9. The highest BCUT2D eigenvalue weighted by Crippen LogP contribution is 2.44. The molecular weight excluding hydrogens is 831 g/mol. The first kappa shape index (κ1) is 42.2. The molecule has 3 aromatic heterocycles. The lowest BCUT2D eigenvalue weighted by Gasteiger charge is -2.31. The summed E-state index contributed by atoms with van der Waals surface area (Å²) in [4.78, 5) is 71.6. The van der Waals surface area contributed by atoms with Gasteiger partial charge in [0.25, 0.3) is 5.91 Å². The normalized spacial score (nSPS) is 18.1. The van der Waals surface area contributed by atoms with E-state index in [4.69, 9.17) is 14.7 Å². The molecule has 3 aromatic carbocycles. The number of likely N-dealkylation sites (tertiary alicyclic amines) is 2. The van der Waals surface area contributed by atoms with Gasteiger partial charge < -0.3 is 30.2 Å². The third kappa shape index (κ3) is 8.53. The minimum absolute atomic E-state index is 0.00444. The lowest BCUT2D eigenvalue weighted by atomic mass is 9.99. The number of fused-ring (bicyclic) bond motifs is 2. The summed E-state index contributed by atoms with van der Waals surface area (Å²) in [5.41, 5.74) is 8.06. The minimum atomic E-state index is -0.871. The van der Waals surface area contributed by atoms with Gasteiger partial charge in [-0.15, -0.1) is 22.7 Å². The van der Waals surface area contributed by atoms with E-state index in [1.165, 1.54) is 37.4 Å². The summed E-state index contributed by atoms with van der Waals surface area (Å²) >= 11 is 3.58. The number of aromatic amines is 1. The number of rotatable bonds is 12. The van der Waals surface area contributed by atoms with Crippen LogP contribution in [-0.4, -0.2) is 81.6 Å². The number of imidazole rings is 1. The second-order valence-corrected chi connectivity index (χ2v) is 19.0. The highest BCUT2D eigenvalue weighted by atomic mass is 32.1. The predicted molar refractivity (Wildman–Crippen MR) is 249 cm³/mol. The summed E-state index contributed by atoms with van der Waals surface area (Å²) in [6.45, 7) is 7.02. The molecule has 0 bridgehead atoms. The summed E-state index contributed by atoms with van der Waals surface area (Å²) in [7, 11) is 1.29. The molecule has 63 heavy (non-hydrogen) atoms. The molecule has 9 rings (SSSR count). The van der Waals surface area contributed by atoms with Gasteiger partial charge in [-0.25, -0.2) is 9.78 Å². The predicted octanol–water partition coefficient (Wildman–Crippen LogP) is 9.62. The fourth-order valence-corrected chi connectivity index (χ4v) is 11.5. The molecule has 3 aliphatic heterocycles. The van der Waals surface area contributed by atoms with Gasteiger partial charge in [0.05, 0.1) is 36.8 Å². The summed E-state index contributed by atoms with van der Waals surface area (Å²) < 4.78 is 7.33. The van der Waals surface area contributed by atoms with Gasteiger partial charge in [0.2, 0.25) is 11.8 Å². The summed E-state index contributed by atoms with van der Waals surface area (Å²) in [6.07, 6.45) is 5.63. The third-order valence-corrected chi connectivity index (χ3v) is 14.8. The number of thiophene rings is 2. The molecule has 6 heterocycles. The maximum Gasteiger partial charge on any atom is 0.407 e. The average Bonchev–Trinajstić information content (AvgIpc) is 4.16. The second kappa shape index (κ2) is 17.9. The van der Waals surface area contributed by atoms with Crippen molar-refractivity contribution in [3.05, 3.63) is 108 Å². The van der Waals surface area contributed by atoms with Crippen molar-refractivity contribution in [2.75, 3.05) is 20.2 Å². The highest BCUT2D eigenvalue weighted by molar-refractivity contribution is 7.31. The molecule has 4 amide bonds. The Labute approximate surface area is 374 Å². The second-order valence-electron chi connectivity index (χ2n) is 16.8. The van der Waals surface area contributed by atoms with Gasteiger partial charge in [-0.05, 0) is 83.7 Å². The Morgan fingerprint density at radius 1 is 0.810 bits per heavy atom. The molecular formula is C49H51N7O5S2. The number of methoxy groups -OCH3 is 1. The first-order valence-corrected chi connectivity index (χ1v) is 23.4. The molecule has 14 heteroatoms. The van der Waals surface area contributed by atoms with Crippen molar-refractivity contribution < 1.29 is 23.9 Å². The fourth-order valence-electron chi connectivity index (χ4n) is 9.09. The lowest BCUT2D eigenvalue weighted by Crippen LogP contribution is -2.53. The molecule has 0 radical (unpaired) electrons. The Balaban J connectivity index is 0.854. The van der Waals surface area contributed by atoms with E-state index in [1.54, 1.807) is 34.5 Å². The van der Waals surface area contributed by atoms with E-state index in [0.717, 1.165) is 66.1 Å². The minimum Gasteiger partial charge on any atom is -0.453 e. The summed E-state index contributed by atoms with van der Waals surface area (Å²) in [5.74, 6) is 0.400. The van der Waals surface area contributed by atoms with Gasteiger partial charge in [0, 0.05) is 50.8 Å². The third-order valence-electron chi connectivity index (χ3n) is 12.5. The van der Waals surface area contributed by atoms with Crippen molar-refractivity contribution >= 4 is 67.3 Å². The van der Waals surface area contributed by atoms with Crippen LogP contribution in [0, 0.1) is 5.92 Å². The number of H-pyrrole nitrogens is 1. The molecule has 0 saturated carbocycles. The SMILES string of the molecule is CCC(=O)N[C@H](C(=O)N1CCC[C@H]1C1=Nc2ccc(-c3cc4sc(-c5ccc(-c6cnc([C@@H]7CCCN7C(=O)[C@H](NC(=O)OC)c7ccccc7)[nH]6)cc5)cc4s3)cc2C1)C(C)C. The number of carbonyl (C=O) groups excluding carboxylic acids is 4. The lowest BCUT2D eigenvalue weighted by molar-refractivity contribution is -0.137. The monoisotopic (exact) mass is 881 g/mol. The Kier molecular flexibility index (Phi) is 12.0. The quantitative estimate of drug-likeness (QED) is 0.112. The Morgan fingerprint density at radius 2 is 1.46 bits per heavy atom. The van der Waals surface area contributed by atoms with Crippen LogP contribution >= 0.6 is 22.7 Å². The molecule has 6 aromatic rings. The van der Waals surface area contributed by atoms with E-state index in [2.05, 4.69) is 70.2 Å². The topological polar surface area (TPSA) is 149 Å². The summed E-state index contributed by atoms with van der Waals surface area (Å²) in [6, 6.07) is 27.1. The van der Waals surface area contributed by atoms with E-state index in [0.29, 0.717) is 25.1 Å². The fraction of sp³-hybridized carbons (Fsp3) is 0.347. The van der Waals surface area contributed by atoms with Crippen LogP contribution in [0.15, 0.2) is 96.1 Å². The van der Waals surface area contributed by atoms with Crippen molar-refractivity contribution in [2.45, 2.75) is 83.5 Å². The smallest absolute Gasteiger partial charge is 0.407 e. The van der Waals surface area contributed by atoms with E-state index in [-0.39, 0.29) is 35.7 Å². The van der Waals surface area contributed by atoms with Crippen LogP contribution in [-0.2, 0) is 25.5 Å². The largest absolute Gasteiger partial charge is 0.453 e. The number of amides is 4. The Hall–Kier alpha value is -6.12. The maximum atomic E-state index is 13.9. The van der Waals surface area contributed by atoms with Gasteiger partial charge in [-0.3, -0.25) is 19.4 Å². The van der Waals surface area contributed by atoms with Crippen LogP contribution in [0.2, 0.25) is 0 Å². The number of hydrogen-bond acceptors (Lipinski definition) is 9. The van der Waals surface area contributed by atoms with Crippen molar-refractivity contribution in [2.24, 2.45) is 10.9 Å². The van der Waals surface area contributed by atoms with E-state index in [9.17, 15) is 19.2 Å². The molecule has 12 nitrogen and oxygen atoms in total. The van der Waals surface area contributed by atoms with Crippen molar-refractivity contribution in [1.29, 1.82) is 0 Å². The summed E-state index contributed by atoms with van der Waals surface area (Å²) in [5, 5.41) is 5.68. The number of hydrogen-bond donors (Lipinski definition) is 3. The van der Waals surface area contributed by atoms with Crippen molar-refractivity contribution in [3.63, 3.8) is 0 Å². The molecule has 3 N–H and O–H groups in total. The first-order valence-electron chi connectivity index (χ1n) is 21.8. The van der Waals surface area contributed by atoms with Crippen LogP contribution in [0.4, 0.5) is 10.5 Å². The number of nitrogens with zero attached hydrogens (tertiary/aromatic N) is 4. The molecule has 324 valence electrons. The number of ether oxygens (including phenoxy) is 1. The first-order chi connectivity index (χ1) is 30.6. The maximum absolute atomic E-state index is 13.9. The molecule has 4 atom stereocenters. The molecule has 0 unspecified atom stereocenters. The van der Waals surface area contributed by atoms with Crippen LogP contribution in [0.1, 0.15) is 81.9 Å². The van der Waals surface area contributed by atoms with Crippen LogP contribution in [0.5, 0.6) is 0 Å². The number of benzene rings is 3. The van der Waals surface area contributed by atoms with E-state index in [1.807, 2.05) is 55.3 Å². The molecule has 3 aliphatic rings. The van der Waals surface area contributed by atoms with Crippen molar-refractivity contribution in [3.8, 4) is 32.1 Å². The molecule has 2 fully saturated rings. The average molecular weight is 882 g/mol.